The molecule has 0 saturated carbocycles. The number of carbonyl (C=O) groups is 1. The first-order valence-corrected chi connectivity index (χ1v) is 24.8. The summed E-state index contributed by atoms with van der Waals surface area (Å²) in [7, 11) is 3.11. The van der Waals surface area contributed by atoms with Crippen molar-refractivity contribution in [3.05, 3.63) is 249 Å². The monoisotopic (exact) mass is 1080 g/mol. The third-order valence-electron chi connectivity index (χ3n) is 13.8. The van der Waals surface area contributed by atoms with E-state index in [0.717, 1.165) is 29.0 Å². The number of aromatic nitrogens is 4. The van der Waals surface area contributed by atoms with Crippen LogP contribution in [0.1, 0.15) is 52.8 Å². The third kappa shape index (κ3) is 10.5. The van der Waals surface area contributed by atoms with Gasteiger partial charge in [0.25, 0.3) is 0 Å². The van der Waals surface area contributed by atoms with Gasteiger partial charge in [-0.25, -0.2) is 9.59 Å². The van der Waals surface area contributed by atoms with E-state index >= 15 is 8.78 Å². The summed E-state index contributed by atoms with van der Waals surface area (Å²) in [6.07, 6.45) is -10.8. The Morgan fingerprint density at radius 3 is 1.47 bits per heavy atom. The van der Waals surface area contributed by atoms with Crippen LogP contribution in [-0.2, 0) is 30.1 Å². The number of nitrogens with zero attached hydrogens (tertiary/aromatic N) is 4. The number of nitrogen functional groups attached to an aromatic ring is 1. The minimum absolute atomic E-state index is 0.104. The highest BCUT2D eigenvalue weighted by Gasteiger charge is 2.64. The molecule has 7 atom stereocenters. The van der Waals surface area contributed by atoms with Gasteiger partial charge in [0.2, 0.25) is 12.5 Å². The number of aldehydes is 1. The Morgan fingerprint density at radius 2 is 1.04 bits per heavy atom. The van der Waals surface area contributed by atoms with Crippen molar-refractivity contribution in [1.82, 2.24) is 19.1 Å². The maximum absolute atomic E-state index is 17.2. The molecule has 2 aliphatic heterocycles. The second-order valence-corrected chi connectivity index (χ2v) is 18.6. The molecule has 2 aromatic heterocycles. The maximum atomic E-state index is 17.2. The van der Waals surface area contributed by atoms with Crippen molar-refractivity contribution >= 4 is 17.9 Å². The lowest BCUT2D eigenvalue weighted by atomic mass is 9.77. The van der Waals surface area contributed by atoms with Crippen LogP contribution in [0.25, 0.3) is 0 Å². The lowest BCUT2D eigenvalue weighted by Gasteiger charge is -2.39. The predicted octanol–water partition coefficient (Wildman–Crippen LogP) is 7.87. The summed E-state index contributed by atoms with van der Waals surface area (Å²) in [5.41, 5.74) is 4.41. The zero-order chi connectivity index (χ0) is 56.1. The van der Waals surface area contributed by atoms with Gasteiger partial charge in [-0.1, -0.05) is 146 Å². The Labute approximate surface area is 450 Å². The van der Waals surface area contributed by atoms with Crippen molar-refractivity contribution in [2.45, 2.75) is 72.9 Å². The molecule has 79 heavy (non-hydrogen) atoms. The van der Waals surface area contributed by atoms with Gasteiger partial charge in [0.15, 0.2) is 18.5 Å². The molecule has 20 heteroatoms. The molecule has 408 valence electrons. The fraction of sp³-hybridized carbons (Fsp3) is 0.237. The quantitative estimate of drug-likeness (QED) is 0.0412. The third-order valence-corrected chi connectivity index (χ3v) is 13.8. The van der Waals surface area contributed by atoms with Gasteiger partial charge in [0.05, 0.1) is 20.3 Å². The average molecular weight is 1080 g/mol. The lowest BCUT2D eigenvalue weighted by Crippen LogP contribution is -2.48. The molecule has 2 unspecified atom stereocenters. The molecule has 0 aliphatic carbocycles. The number of aliphatic hydroxyl groups excluding tert-OH is 2. The molecule has 2 fully saturated rings. The van der Waals surface area contributed by atoms with Gasteiger partial charge in [0.1, 0.15) is 46.5 Å². The number of ether oxygens (including phenoxy) is 5. The number of nitrogens with two attached hydrogens (primary N) is 1. The van der Waals surface area contributed by atoms with Crippen molar-refractivity contribution in [1.29, 1.82) is 0 Å². The van der Waals surface area contributed by atoms with E-state index in [1.807, 2.05) is 97.1 Å². The molecule has 2 aliphatic rings. The number of rotatable bonds is 16. The van der Waals surface area contributed by atoms with E-state index in [1.165, 1.54) is 26.3 Å². The number of benzene rings is 6. The fourth-order valence-electron chi connectivity index (χ4n) is 9.94. The van der Waals surface area contributed by atoms with Gasteiger partial charge < -0.3 is 49.7 Å². The molecule has 10 rings (SSSR count). The first kappa shape index (κ1) is 55.2. The minimum atomic E-state index is -3.94. The SMILES string of the molecule is COc1ccc(C(Nc2ccn(C3O[C@H](C=O)[C@@H](OC(c4ccccc4)(c4ccccc4)c4ccc(OC)cc4)C3(F)F)c(=O)n2)(c2ccccc2)c2ccccc2)cc1.C[C@@H](O)[C@H]1OC(n2ccc(N)nc2=O)C(F)(F)[C@@H]1O. The number of aliphatic hydroxyl groups is 2. The van der Waals surface area contributed by atoms with Crippen LogP contribution in [0.2, 0.25) is 0 Å². The number of anilines is 2. The summed E-state index contributed by atoms with van der Waals surface area (Å²) in [5, 5.41) is 22.3. The highest BCUT2D eigenvalue weighted by Crippen LogP contribution is 2.51. The maximum Gasteiger partial charge on any atom is 0.351 e. The van der Waals surface area contributed by atoms with Crippen LogP contribution in [0.15, 0.2) is 204 Å². The fourth-order valence-corrected chi connectivity index (χ4v) is 9.94. The number of hydrogen-bond acceptors (Lipinski definition) is 14. The largest absolute Gasteiger partial charge is 0.497 e. The number of alkyl halides is 4. The molecule has 6 aromatic carbocycles. The highest BCUT2D eigenvalue weighted by molar-refractivity contribution is 5.60. The van der Waals surface area contributed by atoms with E-state index in [4.69, 9.17) is 29.4 Å². The Morgan fingerprint density at radius 1 is 0.620 bits per heavy atom. The normalized spacial score (nSPS) is 20.8. The Balaban J connectivity index is 0.000000336. The Bertz CT molecular complexity index is 3380. The first-order valence-electron chi connectivity index (χ1n) is 24.8. The standard InChI is InChI=1S/C49H41F2N3O6.C10H13F2N3O4/c1-57-40-27-23-36(24-28-40)47(34-15-7-3-8-16-34,35-17-9-4-10-18-35)53-43-31-32-54(46(56)52-43)45-49(50,51)44(42(33-55)59-45)60-48(37-19-11-5-12-20-37,38-21-13-6-14-22-38)39-25-29-41(58-2)30-26-39;1-4(16)6-7(17)10(11,12)8(19-6)15-3-2-5(13)14-9(15)18/h3-33,42,44-45H,1-2H3,(H,52,53,56);2-4,6-8,16-17H,1H3,(H2,13,14,18)/t42-,44-,45?;4-,6-,7-,8?/m11/s1. The molecule has 0 spiro atoms. The molecular formula is C59H54F4N6O10. The second kappa shape index (κ2) is 22.8. The molecule has 16 nitrogen and oxygen atoms in total. The first-order chi connectivity index (χ1) is 38.0. The van der Waals surface area contributed by atoms with Crippen LogP contribution >= 0.6 is 0 Å². The van der Waals surface area contributed by atoms with E-state index in [1.54, 1.807) is 79.9 Å². The average Bonchev–Trinajstić information content (AvgIpc) is 3.97. The molecule has 4 heterocycles. The van der Waals surface area contributed by atoms with Crippen molar-refractivity contribution in [3.63, 3.8) is 0 Å². The molecule has 0 amide bonds. The van der Waals surface area contributed by atoms with Crippen LogP contribution in [0.5, 0.6) is 11.5 Å². The summed E-state index contributed by atoms with van der Waals surface area (Å²) in [5.74, 6) is -6.48. The van der Waals surface area contributed by atoms with E-state index in [0.29, 0.717) is 37.3 Å². The summed E-state index contributed by atoms with van der Waals surface area (Å²) in [4.78, 5) is 45.9. The second-order valence-electron chi connectivity index (χ2n) is 18.6. The van der Waals surface area contributed by atoms with Crippen LogP contribution in [0.3, 0.4) is 0 Å². The van der Waals surface area contributed by atoms with Crippen molar-refractivity contribution in [2.24, 2.45) is 0 Å². The molecular weight excluding hydrogens is 1030 g/mol. The van der Waals surface area contributed by atoms with Crippen molar-refractivity contribution < 1.29 is 56.3 Å². The zero-order valence-electron chi connectivity index (χ0n) is 42.6. The van der Waals surface area contributed by atoms with Crippen LogP contribution in [-0.4, -0.2) is 92.2 Å². The number of methoxy groups -OCH3 is 2. The van der Waals surface area contributed by atoms with Crippen LogP contribution in [0, 0.1) is 0 Å². The smallest absolute Gasteiger partial charge is 0.351 e. The Hall–Kier alpha value is -8.53. The number of hydrogen-bond donors (Lipinski definition) is 4. The minimum Gasteiger partial charge on any atom is -0.497 e. The van der Waals surface area contributed by atoms with E-state index in [9.17, 15) is 33.4 Å². The summed E-state index contributed by atoms with van der Waals surface area (Å²) in [6, 6.07) is 54.1. The molecule has 0 radical (unpaired) electrons. The zero-order valence-corrected chi connectivity index (χ0v) is 42.6. The molecule has 2 saturated heterocycles. The highest BCUT2D eigenvalue weighted by atomic mass is 19.3. The van der Waals surface area contributed by atoms with Gasteiger partial charge in [-0.3, -0.25) is 9.13 Å². The van der Waals surface area contributed by atoms with Gasteiger partial charge >= 0.3 is 23.2 Å². The van der Waals surface area contributed by atoms with Gasteiger partial charge in [-0.05, 0) is 76.7 Å². The lowest BCUT2D eigenvalue weighted by molar-refractivity contribution is -0.180. The van der Waals surface area contributed by atoms with Crippen LogP contribution < -0.4 is 31.9 Å². The Kier molecular flexibility index (Phi) is 16.0. The molecule has 0 bridgehead atoms. The van der Waals surface area contributed by atoms with Gasteiger partial charge in [-0.15, -0.1) is 0 Å². The summed E-state index contributed by atoms with van der Waals surface area (Å²) >= 11 is 0. The molecule has 8 aromatic rings. The summed E-state index contributed by atoms with van der Waals surface area (Å²) < 4.78 is 91.7. The summed E-state index contributed by atoms with van der Waals surface area (Å²) in [6.45, 7) is 1.20. The number of nitrogens with one attached hydrogen (secondary N) is 1. The van der Waals surface area contributed by atoms with Crippen molar-refractivity contribution in [2.75, 3.05) is 25.3 Å². The van der Waals surface area contributed by atoms with Crippen molar-refractivity contribution in [3.8, 4) is 11.5 Å². The number of halogens is 4. The van der Waals surface area contributed by atoms with E-state index in [-0.39, 0.29) is 17.9 Å². The van der Waals surface area contributed by atoms with E-state index in [2.05, 4.69) is 15.3 Å². The number of carbonyl (C=O) groups excluding carboxylic acids is 1. The predicted molar refractivity (Wildman–Crippen MR) is 283 cm³/mol. The van der Waals surface area contributed by atoms with Gasteiger partial charge in [0, 0.05) is 12.4 Å². The molecule has 5 N–H and O–H groups in total. The van der Waals surface area contributed by atoms with Gasteiger partial charge in [-0.2, -0.15) is 27.5 Å². The van der Waals surface area contributed by atoms with Crippen LogP contribution in [0.4, 0.5) is 29.2 Å². The topological polar surface area (TPSA) is 212 Å². The van der Waals surface area contributed by atoms with E-state index < -0.39 is 77.3 Å².